The van der Waals surface area contributed by atoms with Gasteiger partial charge in [0.05, 0.1) is 30.9 Å². The molecule has 2 aromatic rings. The van der Waals surface area contributed by atoms with Crippen LogP contribution in [0.1, 0.15) is 24.1 Å². The second-order valence-corrected chi connectivity index (χ2v) is 7.08. The summed E-state index contributed by atoms with van der Waals surface area (Å²) in [5.41, 5.74) is 2.02. The number of nitrogens with one attached hydrogen (secondary N) is 1. The van der Waals surface area contributed by atoms with Gasteiger partial charge in [0.2, 0.25) is 11.8 Å². The second-order valence-electron chi connectivity index (χ2n) is 7.08. The third kappa shape index (κ3) is 5.60. The zero-order chi connectivity index (χ0) is 19.8. The van der Waals surface area contributed by atoms with Crippen molar-refractivity contribution >= 4 is 11.8 Å². The molecule has 1 atom stereocenters. The first kappa shape index (κ1) is 19.9. The molecule has 1 aromatic heterocycles. The summed E-state index contributed by atoms with van der Waals surface area (Å²) in [6.45, 7) is 2.58. The molecule has 2 heterocycles. The number of piperazine rings is 1. The van der Waals surface area contributed by atoms with Gasteiger partial charge in [-0.05, 0) is 24.9 Å². The number of carbonyl (C=O) groups excluding carboxylic acids is 2. The largest absolute Gasteiger partial charge is 0.353 e. The number of benzene rings is 1. The van der Waals surface area contributed by atoms with Crippen molar-refractivity contribution in [1.82, 2.24) is 25.1 Å². The van der Waals surface area contributed by atoms with Crippen molar-refractivity contribution in [3.63, 3.8) is 0 Å². The summed E-state index contributed by atoms with van der Waals surface area (Å²) in [5, 5.41) is 2.89. The lowest BCUT2D eigenvalue weighted by molar-refractivity contribution is -0.138. The normalized spacial score (nSPS) is 17.2. The Balaban J connectivity index is 1.54. The molecular weight excluding hydrogens is 354 g/mol. The van der Waals surface area contributed by atoms with Gasteiger partial charge in [0, 0.05) is 32.5 Å². The fraction of sp³-hybridized carbons (Fsp3) is 0.429. The smallest absolute Gasteiger partial charge is 0.237 e. The van der Waals surface area contributed by atoms with Crippen LogP contribution in [0.15, 0.2) is 48.9 Å². The molecular formula is C21H27N5O2. The highest BCUT2D eigenvalue weighted by Crippen LogP contribution is 2.13. The lowest BCUT2D eigenvalue weighted by Crippen LogP contribution is -2.56. The van der Waals surface area contributed by atoms with Crippen molar-refractivity contribution in [2.24, 2.45) is 0 Å². The van der Waals surface area contributed by atoms with E-state index in [2.05, 4.69) is 32.3 Å². The molecule has 2 amide bonds. The van der Waals surface area contributed by atoms with E-state index in [0.29, 0.717) is 13.1 Å². The van der Waals surface area contributed by atoms with Crippen LogP contribution in [0.5, 0.6) is 0 Å². The molecule has 0 spiro atoms. The summed E-state index contributed by atoms with van der Waals surface area (Å²) in [4.78, 5) is 37.0. The Bertz CT molecular complexity index is 769. The zero-order valence-corrected chi connectivity index (χ0v) is 16.3. The van der Waals surface area contributed by atoms with Gasteiger partial charge in [0.1, 0.15) is 0 Å². The molecule has 1 fully saturated rings. The monoisotopic (exact) mass is 381 g/mol. The Morgan fingerprint density at radius 2 is 2.11 bits per heavy atom. The molecule has 7 heteroatoms. The lowest BCUT2D eigenvalue weighted by Gasteiger charge is -2.35. The van der Waals surface area contributed by atoms with Crippen LogP contribution in [0.2, 0.25) is 0 Å². The summed E-state index contributed by atoms with van der Waals surface area (Å²) in [7, 11) is 1.73. The van der Waals surface area contributed by atoms with Crippen LogP contribution in [-0.2, 0) is 22.6 Å². The molecule has 1 aromatic carbocycles. The van der Waals surface area contributed by atoms with E-state index >= 15 is 0 Å². The molecule has 3 rings (SSSR count). The Kier molecular flexibility index (Phi) is 7.08. The average molecular weight is 381 g/mol. The van der Waals surface area contributed by atoms with Gasteiger partial charge in [-0.2, -0.15) is 0 Å². The highest BCUT2D eigenvalue weighted by molar-refractivity contribution is 5.88. The molecule has 0 bridgehead atoms. The summed E-state index contributed by atoms with van der Waals surface area (Å²) < 4.78 is 0. The first-order valence-electron chi connectivity index (χ1n) is 9.68. The minimum absolute atomic E-state index is 0.0628. The van der Waals surface area contributed by atoms with Gasteiger partial charge >= 0.3 is 0 Å². The average Bonchev–Trinajstić information content (AvgIpc) is 2.72. The maximum Gasteiger partial charge on any atom is 0.237 e. The van der Waals surface area contributed by atoms with Crippen molar-refractivity contribution in [2.45, 2.75) is 31.8 Å². The number of carbonyl (C=O) groups is 2. The molecule has 0 aliphatic carbocycles. The molecule has 1 aliphatic heterocycles. The van der Waals surface area contributed by atoms with Gasteiger partial charge in [-0.15, -0.1) is 0 Å². The van der Waals surface area contributed by atoms with E-state index in [4.69, 9.17) is 0 Å². The number of nitrogens with zero attached hydrogens (tertiary/aromatic N) is 4. The molecule has 1 saturated heterocycles. The predicted octanol–water partition coefficient (Wildman–Crippen LogP) is 1.26. The molecule has 1 aliphatic rings. The zero-order valence-electron chi connectivity index (χ0n) is 16.3. The standard InChI is InChI=1S/C21H27N5O2/c1-25(16-18-15-22-9-10-23-18)20(27)14-19-21(28)24-11-13-26(19)12-5-8-17-6-3-2-4-7-17/h2-4,6-7,9-10,15,19H,5,8,11-14,16H2,1H3,(H,24,28)/t19-/m1/s1. The number of aromatic nitrogens is 2. The molecule has 7 nitrogen and oxygen atoms in total. The van der Waals surface area contributed by atoms with Crippen LogP contribution >= 0.6 is 0 Å². The maximum absolute atomic E-state index is 12.7. The van der Waals surface area contributed by atoms with Gasteiger partial charge < -0.3 is 10.2 Å². The van der Waals surface area contributed by atoms with Crippen LogP contribution in [0.3, 0.4) is 0 Å². The fourth-order valence-electron chi connectivity index (χ4n) is 3.45. The summed E-state index contributed by atoms with van der Waals surface area (Å²) >= 11 is 0. The molecule has 28 heavy (non-hydrogen) atoms. The summed E-state index contributed by atoms with van der Waals surface area (Å²) in [6, 6.07) is 9.91. The van der Waals surface area contributed by atoms with Gasteiger partial charge in [0.15, 0.2) is 0 Å². The quantitative estimate of drug-likeness (QED) is 0.745. The van der Waals surface area contributed by atoms with Crippen LogP contribution in [-0.4, -0.2) is 64.3 Å². The minimum atomic E-state index is -0.415. The number of rotatable bonds is 8. The minimum Gasteiger partial charge on any atom is -0.353 e. The predicted molar refractivity (Wildman–Crippen MR) is 106 cm³/mol. The van der Waals surface area contributed by atoms with E-state index in [1.165, 1.54) is 5.56 Å². The van der Waals surface area contributed by atoms with E-state index in [-0.39, 0.29) is 18.2 Å². The summed E-state index contributed by atoms with van der Waals surface area (Å²) in [6.07, 6.45) is 6.95. The van der Waals surface area contributed by atoms with Gasteiger partial charge in [-0.1, -0.05) is 30.3 Å². The van der Waals surface area contributed by atoms with Crippen molar-refractivity contribution in [2.75, 3.05) is 26.7 Å². The Labute approximate surface area is 165 Å². The third-order valence-corrected chi connectivity index (χ3v) is 5.00. The molecule has 1 N–H and O–H groups in total. The second kappa shape index (κ2) is 9.94. The molecule has 148 valence electrons. The van der Waals surface area contributed by atoms with E-state index in [0.717, 1.165) is 31.6 Å². The Morgan fingerprint density at radius 3 is 2.86 bits per heavy atom. The number of amides is 2. The van der Waals surface area contributed by atoms with Crippen LogP contribution < -0.4 is 5.32 Å². The van der Waals surface area contributed by atoms with Gasteiger partial charge in [-0.3, -0.25) is 24.5 Å². The molecule has 0 unspecified atom stereocenters. The van der Waals surface area contributed by atoms with E-state index in [1.54, 1.807) is 30.5 Å². The number of hydrogen-bond donors (Lipinski definition) is 1. The van der Waals surface area contributed by atoms with Gasteiger partial charge in [0.25, 0.3) is 0 Å². The van der Waals surface area contributed by atoms with Crippen LogP contribution in [0.25, 0.3) is 0 Å². The maximum atomic E-state index is 12.7. The first-order chi connectivity index (χ1) is 13.6. The number of hydrogen-bond acceptors (Lipinski definition) is 5. The SMILES string of the molecule is CN(Cc1cnccn1)C(=O)C[C@@H]1C(=O)NCCN1CCCc1ccccc1. The van der Waals surface area contributed by atoms with E-state index in [1.807, 2.05) is 18.2 Å². The van der Waals surface area contributed by atoms with Crippen molar-refractivity contribution in [1.29, 1.82) is 0 Å². The highest BCUT2D eigenvalue weighted by Gasteiger charge is 2.32. The Hall–Kier alpha value is -2.80. The van der Waals surface area contributed by atoms with Crippen LogP contribution in [0, 0.1) is 0 Å². The van der Waals surface area contributed by atoms with E-state index < -0.39 is 6.04 Å². The van der Waals surface area contributed by atoms with E-state index in [9.17, 15) is 9.59 Å². The van der Waals surface area contributed by atoms with Crippen LogP contribution in [0.4, 0.5) is 0 Å². The van der Waals surface area contributed by atoms with Crippen molar-refractivity contribution < 1.29 is 9.59 Å². The lowest BCUT2D eigenvalue weighted by atomic mass is 10.1. The fourth-order valence-corrected chi connectivity index (χ4v) is 3.45. The first-order valence-corrected chi connectivity index (χ1v) is 9.68. The van der Waals surface area contributed by atoms with Crippen molar-refractivity contribution in [3.8, 4) is 0 Å². The molecule has 0 radical (unpaired) electrons. The molecule has 0 saturated carbocycles. The van der Waals surface area contributed by atoms with Gasteiger partial charge in [-0.25, -0.2) is 0 Å². The summed E-state index contributed by atoms with van der Waals surface area (Å²) in [5.74, 6) is -0.132. The Morgan fingerprint density at radius 1 is 1.29 bits per heavy atom. The topological polar surface area (TPSA) is 78.4 Å². The highest BCUT2D eigenvalue weighted by atomic mass is 16.2. The number of aryl methyl sites for hydroxylation is 1. The third-order valence-electron chi connectivity index (χ3n) is 5.00. The van der Waals surface area contributed by atoms with Crippen molar-refractivity contribution in [3.05, 3.63) is 60.2 Å².